The van der Waals surface area contributed by atoms with Crippen molar-refractivity contribution < 1.29 is 4.74 Å². The topological polar surface area (TPSA) is 9.23 Å². The van der Waals surface area contributed by atoms with E-state index in [0.29, 0.717) is 5.41 Å². The molecule has 0 unspecified atom stereocenters. The smallest absolute Gasteiger partial charge is 0.0471 e. The van der Waals surface area contributed by atoms with Crippen LogP contribution in [-0.4, -0.2) is 13.2 Å². The van der Waals surface area contributed by atoms with Gasteiger partial charge in [0.25, 0.3) is 0 Å². The van der Waals surface area contributed by atoms with Gasteiger partial charge in [0.2, 0.25) is 0 Å². The molecular weight excluding hydrogens is 100 g/mol. The van der Waals surface area contributed by atoms with Gasteiger partial charge < -0.3 is 4.74 Å². The standard InChI is InChI=1S/C7H11O/c1-2-7(1)3-5-8-6-4-7/h1H,2-6H2. The van der Waals surface area contributed by atoms with Crippen LogP contribution < -0.4 is 0 Å². The molecule has 1 radical (unpaired) electrons. The molecule has 1 saturated carbocycles. The predicted octanol–water partition coefficient (Wildman–Crippen LogP) is 1.39. The Balaban J connectivity index is 1.95. The van der Waals surface area contributed by atoms with Gasteiger partial charge in [-0.3, -0.25) is 0 Å². The summed E-state index contributed by atoms with van der Waals surface area (Å²) in [4.78, 5) is 0. The average Bonchev–Trinajstić information content (AvgIpc) is 2.52. The van der Waals surface area contributed by atoms with Gasteiger partial charge in [-0.15, -0.1) is 0 Å². The van der Waals surface area contributed by atoms with Crippen molar-refractivity contribution in [2.24, 2.45) is 5.41 Å². The summed E-state index contributed by atoms with van der Waals surface area (Å²) >= 11 is 0. The highest BCUT2D eigenvalue weighted by Gasteiger charge is 2.43. The van der Waals surface area contributed by atoms with Gasteiger partial charge in [0.05, 0.1) is 0 Å². The molecule has 1 aliphatic heterocycles. The Morgan fingerprint density at radius 2 is 1.88 bits per heavy atom. The molecule has 8 heavy (non-hydrogen) atoms. The van der Waals surface area contributed by atoms with E-state index in [0.717, 1.165) is 13.2 Å². The van der Waals surface area contributed by atoms with E-state index in [-0.39, 0.29) is 0 Å². The molecule has 1 spiro atoms. The Morgan fingerprint density at radius 3 is 2.25 bits per heavy atom. The van der Waals surface area contributed by atoms with E-state index < -0.39 is 0 Å². The minimum Gasteiger partial charge on any atom is -0.381 e. The van der Waals surface area contributed by atoms with Gasteiger partial charge >= 0.3 is 0 Å². The zero-order chi connectivity index (χ0) is 5.45. The Hall–Kier alpha value is -0.0400. The first kappa shape index (κ1) is 4.80. The summed E-state index contributed by atoms with van der Waals surface area (Å²) in [5.41, 5.74) is 0.679. The molecule has 0 atom stereocenters. The van der Waals surface area contributed by atoms with Crippen LogP contribution in [-0.2, 0) is 4.74 Å². The molecule has 2 rings (SSSR count). The van der Waals surface area contributed by atoms with E-state index in [2.05, 4.69) is 6.42 Å². The molecule has 0 aromatic rings. The first-order valence-electron chi connectivity index (χ1n) is 3.33. The number of ether oxygens (including phenoxy) is 1. The molecule has 1 heterocycles. The molecule has 0 bridgehead atoms. The zero-order valence-electron chi connectivity index (χ0n) is 5.02. The summed E-state index contributed by atoms with van der Waals surface area (Å²) in [6.07, 6.45) is 6.35. The van der Waals surface area contributed by atoms with Crippen LogP contribution in [0.2, 0.25) is 0 Å². The fraction of sp³-hybridized carbons (Fsp3) is 0.857. The van der Waals surface area contributed by atoms with Crippen LogP contribution in [0.1, 0.15) is 19.3 Å². The lowest BCUT2D eigenvalue weighted by atomic mass is 9.97. The zero-order valence-corrected chi connectivity index (χ0v) is 5.02. The lowest BCUT2D eigenvalue weighted by Crippen LogP contribution is -2.16. The van der Waals surface area contributed by atoms with Gasteiger partial charge in [0, 0.05) is 13.2 Å². The lowest BCUT2D eigenvalue weighted by Gasteiger charge is -2.20. The van der Waals surface area contributed by atoms with Gasteiger partial charge in [-0.2, -0.15) is 0 Å². The molecule has 1 heteroatoms. The van der Waals surface area contributed by atoms with Gasteiger partial charge in [-0.1, -0.05) is 0 Å². The molecule has 1 aliphatic carbocycles. The third-order valence-electron chi connectivity index (χ3n) is 2.27. The van der Waals surface area contributed by atoms with Crippen molar-refractivity contribution in [2.75, 3.05) is 13.2 Å². The van der Waals surface area contributed by atoms with E-state index in [9.17, 15) is 0 Å². The van der Waals surface area contributed by atoms with E-state index in [4.69, 9.17) is 4.74 Å². The number of hydrogen-bond donors (Lipinski definition) is 0. The maximum Gasteiger partial charge on any atom is 0.0471 e. The molecule has 1 nitrogen and oxygen atoms in total. The molecule has 45 valence electrons. The fourth-order valence-electron chi connectivity index (χ4n) is 1.33. The van der Waals surface area contributed by atoms with Crippen molar-refractivity contribution in [3.8, 4) is 0 Å². The Morgan fingerprint density at radius 1 is 1.25 bits per heavy atom. The molecule has 0 amide bonds. The summed E-state index contributed by atoms with van der Waals surface area (Å²) in [7, 11) is 0. The normalized spacial score (nSPS) is 33.0. The summed E-state index contributed by atoms with van der Waals surface area (Å²) in [5.74, 6) is 0. The predicted molar refractivity (Wildman–Crippen MR) is 31.4 cm³/mol. The summed E-state index contributed by atoms with van der Waals surface area (Å²) in [6.45, 7) is 1.99. The molecule has 0 aromatic heterocycles. The minimum atomic E-state index is 0.679. The summed E-state index contributed by atoms with van der Waals surface area (Å²) in [6, 6.07) is 0. The molecule has 0 N–H and O–H groups in total. The highest BCUT2D eigenvalue weighted by molar-refractivity contribution is 5.10. The molecule has 0 aromatic carbocycles. The molecule has 2 aliphatic rings. The van der Waals surface area contributed by atoms with Gasteiger partial charge in [-0.25, -0.2) is 0 Å². The quantitative estimate of drug-likeness (QED) is 0.459. The van der Waals surface area contributed by atoms with Crippen molar-refractivity contribution in [3.05, 3.63) is 6.42 Å². The highest BCUT2D eigenvalue weighted by Crippen LogP contribution is 2.51. The van der Waals surface area contributed by atoms with Crippen LogP contribution in [0.15, 0.2) is 0 Å². The van der Waals surface area contributed by atoms with Crippen LogP contribution >= 0.6 is 0 Å². The fourth-order valence-corrected chi connectivity index (χ4v) is 1.33. The minimum absolute atomic E-state index is 0.679. The van der Waals surface area contributed by atoms with E-state index in [1.54, 1.807) is 0 Å². The van der Waals surface area contributed by atoms with Gasteiger partial charge in [0.1, 0.15) is 0 Å². The number of hydrogen-bond acceptors (Lipinski definition) is 1. The van der Waals surface area contributed by atoms with Crippen molar-refractivity contribution in [3.63, 3.8) is 0 Å². The van der Waals surface area contributed by atoms with Crippen molar-refractivity contribution in [1.82, 2.24) is 0 Å². The molecular formula is C7H11O. The van der Waals surface area contributed by atoms with Crippen LogP contribution in [0, 0.1) is 11.8 Å². The second-order valence-electron chi connectivity index (χ2n) is 2.88. The van der Waals surface area contributed by atoms with E-state index >= 15 is 0 Å². The van der Waals surface area contributed by atoms with Crippen LogP contribution in [0.4, 0.5) is 0 Å². The van der Waals surface area contributed by atoms with Crippen LogP contribution in [0.25, 0.3) is 0 Å². The monoisotopic (exact) mass is 111 g/mol. The van der Waals surface area contributed by atoms with Crippen LogP contribution in [0.5, 0.6) is 0 Å². The molecule has 1 saturated heterocycles. The average molecular weight is 111 g/mol. The third kappa shape index (κ3) is 0.655. The van der Waals surface area contributed by atoms with E-state index in [1.165, 1.54) is 19.3 Å². The largest absolute Gasteiger partial charge is 0.381 e. The van der Waals surface area contributed by atoms with E-state index in [1.807, 2.05) is 0 Å². The second kappa shape index (κ2) is 1.47. The van der Waals surface area contributed by atoms with Crippen LogP contribution in [0.3, 0.4) is 0 Å². The van der Waals surface area contributed by atoms with Crippen molar-refractivity contribution >= 4 is 0 Å². The maximum atomic E-state index is 5.23. The summed E-state index contributed by atoms with van der Waals surface area (Å²) < 4.78 is 5.23. The third-order valence-corrected chi connectivity index (χ3v) is 2.27. The SMILES string of the molecule is [CH]1CC12CCOCC2. The first-order valence-corrected chi connectivity index (χ1v) is 3.33. The second-order valence-corrected chi connectivity index (χ2v) is 2.88. The van der Waals surface area contributed by atoms with Crippen molar-refractivity contribution in [2.45, 2.75) is 19.3 Å². The summed E-state index contributed by atoms with van der Waals surface area (Å²) in [5, 5.41) is 0. The number of rotatable bonds is 0. The van der Waals surface area contributed by atoms with Gasteiger partial charge in [0.15, 0.2) is 0 Å². The van der Waals surface area contributed by atoms with Crippen molar-refractivity contribution in [1.29, 1.82) is 0 Å². The molecule has 2 fully saturated rings. The highest BCUT2D eigenvalue weighted by atomic mass is 16.5. The first-order chi connectivity index (χ1) is 3.91. The maximum absolute atomic E-state index is 5.23. The Kier molecular flexibility index (Phi) is 0.884. The van der Waals surface area contributed by atoms with Gasteiger partial charge in [-0.05, 0) is 31.1 Å². The lowest BCUT2D eigenvalue weighted by molar-refractivity contribution is 0.0619. The Labute approximate surface area is 50.0 Å². The Bertz CT molecular complexity index is 86.6.